The number of nitrogens with one attached hydrogen (secondary N) is 2. The standard InChI is InChI=1S/C24H25ClN4O3/c1-24(2,3)23-28-19(13-32-23)22(31)27-12-17-7-6-15(10-18(17)25)16-8-9-26-20(11-16)29-21(30)14-4-5-14/h6-11,13-14H,4-5,12H2,1-3H3,(H,27,31)(H,26,29,30). The monoisotopic (exact) mass is 452 g/mol. The summed E-state index contributed by atoms with van der Waals surface area (Å²) in [5.41, 5.74) is 2.52. The molecule has 0 radical (unpaired) electrons. The first-order valence-electron chi connectivity index (χ1n) is 10.5. The average molecular weight is 453 g/mol. The van der Waals surface area contributed by atoms with Gasteiger partial charge in [-0.2, -0.15) is 0 Å². The van der Waals surface area contributed by atoms with Crippen molar-refractivity contribution in [2.24, 2.45) is 5.92 Å². The smallest absolute Gasteiger partial charge is 0.273 e. The van der Waals surface area contributed by atoms with Gasteiger partial charge in [0, 0.05) is 29.1 Å². The Hall–Kier alpha value is -3.19. The first-order valence-corrected chi connectivity index (χ1v) is 10.9. The minimum Gasteiger partial charge on any atom is -0.448 e. The van der Waals surface area contributed by atoms with Crippen molar-refractivity contribution in [3.8, 4) is 11.1 Å². The summed E-state index contributed by atoms with van der Waals surface area (Å²) in [4.78, 5) is 32.9. The Morgan fingerprint density at radius 1 is 1.16 bits per heavy atom. The number of hydrogen-bond acceptors (Lipinski definition) is 5. The van der Waals surface area contributed by atoms with E-state index in [1.807, 2.05) is 51.1 Å². The molecule has 0 aliphatic heterocycles. The number of halogens is 1. The third kappa shape index (κ3) is 5.16. The molecule has 1 aliphatic carbocycles. The van der Waals surface area contributed by atoms with Gasteiger partial charge in [-0.1, -0.05) is 44.5 Å². The maximum absolute atomic E-state index is 12.4. The van der Waals surface area contributed by atoms with Crippen LogP contribution in [0.1, 0.15) is 55.6 Å². The number of rotatable bonds is 6. The Morgan fingerprint density at radius 2 is 1.91 bits per heavy atom. The lowest BCUT2D eigenvalue weighted by molar-refractivity contribution is -0.117. The summed E-state index contributed by atoms with van der Waals surface area (Å²) in [7, 11) is 0. The summed E-state index contributed by atoms with van der Waals surface area (Å²) >= 11 is 6.48. The first kappa shape index (κ1) is 22.0. The largest absolute Gasteiger partial charge is 0.448 e. The quantitative estimate of drug-likeness (QED) is 0.550. The Bertz CT molecular complexity index is 1160. The summed E-state index contributed by atoms with van der Waals surface area (Å²) in [6, 6.07) is 9.30. The van der Waals surface area contributed by atoms with Gasteiger partial charge in [0.15, 0.2) is 11.6 Å². The zero-order valence-electron chi connectivity index (χ0n) is 18.2. The van der Waals surface area contributed by atoms with E-state index in [0.717, 1.165) is 29.5 Å². The van der Waals surface area contributed by atoms with E-state index >= 15 is 0 Å². The Kier molecular flexibility index (Phi) is 6.02. The number of nitrogens with zero attached hydrogens (tertiary/aromatic N) is 2. The van der Waals surface area contributed by atoms with Crippen LogP contribution in [0.4, 0.5) is 5.82 Å². The van der Waals surface area contributed by atoms with Crippen LogP contribution in [0.2, 0.25) is 5.02 Å². The molecule has 166 valence electrons. The number of carbonyl (C=O) groups excluding carboxylic acids is 2. The number of anilines is 1. The minimum absolute atomic E-state index is 0.0144. The van der Waals surface area contributed by atoms with Crippen molar-refractivity contribution in [2.45, 2.75) is 45.6 Å². The van der Waals surface area contributed by atoms with Crippen LogP contribution >= 0.6 is 11.6 Å². The zero-order chi connectivity index (χ0) is 22.9. The molecule has 3 aromatic rings. The molecule has 0 atom stereocenters. The van der Waals surface area contributed by atoms with Gasteiger partial charge < -0.3 is 15.1 Å². The lowest BCUT2D eigenvalue weighted by atomic mass is 9.97. The fraction of sp³-hybridized carbons (Fsp3) is 0.333. The zero-order valence-corrected chi connectivity index (χ0v) is 19.0. The summed E-state index contributed by atoms with van der Waals surface area (Å²) in [6.07, 6.45) is 4.90. The second-order valence-corrected chi connectivity index (χ2v) is 9.38. The molecule has 2 heterocycles. The molecule has 0 saturated heterocycles. The molecule has 32 heavy (non-hydrogen) atoms. The molecule has 2 N–H and O–H groups in total. The highest BCUT2D eigenvalue weighted by atomic mass is 35.5. The van der Waals surface area contributed by atoms with Crippen molar-refractivity contribution in [3.05, 3.63) is 65.0 Å². The van der Waals surface area contributed by atoms with E-state index in [0.29, 0.717) is 16.7 Å². The Balaban J connectivity index is 1.41. The van der Waals surface area contributed by atoms with Crippen LogP contribution in [-0.2, 0) is 16.8 Å². The second kappa shape index (κ2) is 8.74. The van der Waals surface area contributed by atoms with Crippen molar-refractivity contribution in [1.29, 1.82) is 0 Å². The van der Waals surface area contributed by atoms with Crippen LogP contribution in [-0.4, -0.2) is 21.8 Å². The highest BCUT2D eigenvalue weighted by Gasteiger charge is 2.29. The van der Waals surface area contributed by atoms with Crippen LogP contribution in [0.5, 0.6) is 0 Å². The number of oxazole rings is 1. The van der Waals surface area contributed by atoms with Crippen molar-refractivity contribution >= 4 is 29.2 Å². The molecule has 0 unspecified atom stereocenters. The third-order valence-corrected chi connectivity index (χ3v) is 5.52. The normalized spacial score (nSPS) is 13.6. The van der Waals surface area contributed by atoms with Crippen LogP contribution in [0.15, 0.2) is 47.2 Å². The predicted octanol–water partition coefficient (Wildman–Crippen LogP) is 4.97. The van der Waals surface area contributed by atoms with Crippen molar-refractivity contribution < 1.29 is 14.0 Å². The lowest BCUT2D eigenvalue weighted by Crippen LogP contribution is -2.23. The molecule has 0 spiro atoms. The molecular weight excluding hydrogens is 428 g/mol. The number of benzene rings is 1. The molecular formula is C24H25ClN4O3. The second-order valence-electron chi connectivity index (χ2n) is 8.97. The van der Waals surface area contributed by atoms with Crippen molar-refractivity contribution in [3.63, 3.8) is 0 Å². The molecule has 8 heteroatoms. The first-order chi connectivity index (χ1) is 15.2. The predicted molar refractivity (Wildman–Crippen MR) is 122 cm³/mol. The fourth-order valence-corrected chi connectivity index (χ4v) is 3.36. The molecule has 1 aromatic carbocycles. The maximum Gasteiger partial charge on any atom is 0.273 e. The molecule has 4 rings (SSSR count). The van der Waals surface area contributed by atoms with Gasteiger partial charge in [0.1, 0.15) is 12.1 Å². The van der Waals surface area contributed by atoms with Crippen molar-refractivity contribution in [2.75, 3.05) is 5.32 Å². The van der Waals surface area contributed by atoms with E-state index in [4.69, 9.17) is 16.0 Å². The molecule has 1 fully saturated rings. The van der Waals surface area contributed by atoms with Crippen LogP contribution in [0.3, 0.4) is 0 Å². The van der Waals surface area contributed by atoms with Gasteiger partial charge in [0.2, 0.25) is 5.91 Å². The van der Waals surface area contributed by atoms with Gasteiger partial charge in [-0.25, -0.2) is 9.97 Å². The molecule has 1 saturated carbocycles. The molecule has 2 aromatic heterocycles. The van der Waals surface area contributed by atoms with Crippen LogP contribution < -0.4 is 10.6 Å². The lowest BCUT2D eigenvalue weighted by Gasteiger charge is -2.11. The summed E-state index contributed by atoms with van der Waals surface area (Å²) in [6.45, 7) is 6.16. The van der Waals surface area contributed by atoms with E-state index in [1.54, 1.807) is 6.20 Å². The van der Waals surface area contributed by atoms with Gasteiger partial charge in [0.05, 0.1) is 0 Å². The van der Waals surface area contributed by atoms with E-state index < -0.39 is 0 Å². The van der Waals surface area contributed by atoms with Gasteiger partial charge in [-0.05, 0) is 47.7 Å². The fourth-order valence-electron chi connectivity index (χ4n) is 3.11. The van der Waals surface area contributed by atoms with E-state index in [2.05, 4.69) is 20.6 Å². The highest BCUT2D eigenvalue weighted by molar-refractivity contribution is 6.31. The molecule has 2 amide bonds. The van der Waals surface area contributed by atoms with Gasteiger partial charge in [-0.15, -0.1) is 0 Å². The summed E-state index contributed by atoms with van der Waals surface area (Å²) in [5, 5.41) is 6.21. The topological polar surface area (TPSA) is 97.1 Å². The summed E-state index contributed by atoms with van der Waals surface area (Å²) < 4.78 is 5.41. The van der Waals surface area contributed by atoms with E-state index in [9.17, 15) is 9.59 Å². The van der Waals surface area contributed by atoms with Gasteiger partial charge in [-0.3, -0.25) is 9.59 Å². The Labute approximate surface area is 191 Å². The average Bonchev–Trinajstić information content (AvgIpc) is 3.48. The minimum atomic E-state index is -0.324. The summed E-state index contributed by atoms with van der Waals surface area (Å²) in [5.74, 6) is 0.834. The number of pyridine rings is 1. The molecule has 7 nitrogen and oxygen atoms in total. The van der Waals surface area contributed by atoms with Gasteiger partial charge in [0.25, 0.3) is 5.91 Å². The molecule has 0 bridgehead atoms. The van der Waals surface area contributed by atoms with Gasteiger partial charge >= 0.3 is 0 Å². The van der Waals surface area contributed by atoms with E-state index in [-0.39, 0.29) is 35.4 Å². The highest BCUT2D eigenvalue weighted by Crippen LogP contribution is 2.31. The van der Waals surface area contributed by atoms with Crippen LogP contribution in [0.25, 0.3) is 11.1 Å². The third-order valence-electron chi connectivity index (χ3n) is 5.16. The number of amides is 2. The van der Waals surface area contributed by atoms with E-state index in [1.165, 1.54) is 6.26 Å². The number of aromatic nitrogens is 2. The van der Waals surface area contributed by atoms with Crippen molar-refractivity contribution in [1.82, 2.24) is 15.3 Å². The Morgan fingerprint density at radius 3 is 2.56 bits per heavy atom. The SMILES string of the molecule is CC(C)(C)c1nc(C(=O)NCc2ccc(-c3ccnc(NC(=O)C4CC4)c3)cc2Cl)co1. The molecule has 1 aliphatic rings. The number of carbonyl (C=O) groups is 2. The van der Waals surface area contributed by atoms with Crippen LogP contribution in [0, 0.1) is 5.92 Å². The number of hydrogen-bond donors (Lipinski definition) is 2. The maximum atomic E-state index is 12.4.